The van der Waals surface area contributed by atoms with E-state index in [4.69, 9.17) is 5.11 Å². The molecule has 2 heterocycles. The Kier molecular flexibility index (Phi) is 3.87. The van der Waals surface area contributed by atoms with Gasteiger partial charge >= 0.3 is 0 Å². The molecule has 0 amide bonds. The van der Waals surface area contributed by atoms with Crippen LogP contribution in [-0.2, 0) is 13.0 Å². The molecule has 1 N–H and O–H groups in total. The second-order valence-corrected chi connectivity index (χ2v) is 5.88. The van der Waals surface area contributed by atoms with Crippen molar-refractivity contribution in [3.8, 4) is 0 Å². The monoisotopic (exact) mass is 337 g/mol. The van der Waals surface area contributed by atoms with Gasteiger partial charge in [-0.2, -0.15) is 0 Å². The zero-order valence-corrected chi connectivity index (χ0v) is 12.6. The fourth-order valence-electron chi connectivity index (χ4n) is 2.64. The smallest absolute Gasteiger partial charge is 0.261 e. The van der Waals surface area contributed by atoms with Crippen LogP contribution in [-0.4, -0.2) is 45.8 Å². The van der Waals surface area contributed by atoms with Crippen molar-refractivity contribution in [3.05, 3.63) is 38.9 Å². The Morgan fingerprint density at radius 1 is 1.30 bits per heavy atom. The third-order valence-corrected chi connectivity index (χ3v) is 4.20. The van der Waals surface area contributed by atoms with Crippen LogP contribution in [0.5, 0.6) is 0 Å². The standard InChI is InChI=1S/C14H16BrN3O2/c15-10-1-2-11-12(9-10)16-13-3-4-17(7-8-19)5-6-18(13)14(11)20/h1-2,9,19H,3-8H2. The van der Waals surface area contributed by atoms with Gasteiger partial charge in [0.15, 0.2) is 0 Å². The van der Waals surface area contributed by atoms with Crippen LogP contribution in [0.3, 0.4) is 0 Å². The van der Waals surface area contributed by atoms with Crippen molar-refractivity contribution in [3.63, 3.8) is 0 Å². The zero-order valence-electron chi connectivity index (χ0n) is 11.0. The minimum atomic E-state index is 0.0309. The average Bonchev–Trinajstić information content (AvgIpc) is 2.62. The molecule has 3 rings (SSSR count). The molecule has 0 fully saturated rings. The van der Waals surface area contributed by atoms with Gasteiger partial charge in [-0.1, -0.05) is 15.9 Å². The number of aliphatic hydroxyl groups is 1. The summed E-state index contributed by atoms with van der Waals surface area (Å²) in [7, 11) is 0. The fourth-order valence-corrected chi connectivity index (χ4v) is 2.99. The minimum absolute atomic E-state index is 0.0309. The molecule has 0 saturated carbocycles. The summed E-state index contributed by atoms with van der Waals surface area (Å²) in [6.07, 6.45) is 0.734. The van der Waals surface area contributed by atoms with Crippen LogP contribution in [0, 0.1) is 0 Å². The van der Waals surface area contributed by atoms with Crippen molar-refractivity contribution in [2.24, 2.45) is 0 Å². The Balaban J connectivity index is 2.06. The van der Waals surface area contributed by atoms with E-state index >= 15 is 0 Å². The van der Waals surface area contributed by atoms with Gasteiger partial charge in [0.25, 0.3) is 5.56 Å². The summed E-state index contributed by atoms with van der Waals surface area (Å²) in [5.74, 6) is 0.834. The molecule has 5 nitrogen and oxygen atoms in total. The van der Waals surface area contributed by atoms with Crippen LogP contribution < -0.4 is 5.56 Å². The van der Waals surface area contributed by atoms with Crippen LogP contribution in [0.2, 0.25) is 0 Å². The van der Waals surface area contributed by atoms with Gasteiger partial charge in [-0.3, -0.25) is 14.3 Å². The number of aromatic nitrogens is 2. The number of halogens is 1. The average molecular weight is 338 g/mol. The highest BCUT2D eigenvalue weighted by Gasteiger charge is 2.17. The van der Waals surface area contributed by atoms with Crippen molar-refractivity contribution in [2.75, 3.05) is 26.2 Å². The second kappa shape index (κ2) is 5.63. The number of benzene rings is 1. The van der Waals surface area contributed by atoms with Gasteiger partial charge in [-0.05, 0) is 18.2 Å². The molecular formula is C14H16BrN3O2. The molecule has 1 aliphatic heterocycles. The summed E-state index contributed by atoms with van der Waals surface area (Å²) < 4.78 is 2.70. The van der Waals surface area contributed by atoms with Gasteiger partial charge in [-0.25, -0.2) is 4.98 Å². The summed E-state index contributed by atoms with van der Waals surface area (Å²) in [4.78, 5) is 19.3. The summed E-state index contributed by atoms with van der Waals surface area (Å²) >= 11 is 3.41. The quantitative estimate of drug-likeness (QED) is 0.888. The summed E-state index contributed by atoms with van der Waals surface area (Å²) in [5, 5.41) is 9.70. The summed E-state index contributed by atoms with van der Waals surface area (Å²) in [6.45, 7) is 3.03. The fraction of sp³-hybridized carbons (Fsp3) is 0.429. The van der Waals surface area contributed by atoms with Gasteiger partial charge in [0, 0.05) is 37.1 Å². The van der Waals surface area contributed by atoms with Crippen molar-refractivity contribution in [2.45, 2.75) is 13.0 Å². The molecule has 20 heavy (non-hydrogen) atoms. The molecule has 2 aromatic rings. The number of β-amino-alcohol motifs (C(OH)–C–C–N with tert-alkyl or cyclic N) is 1. The first-order valence-corrected chi connectivity index (χ1v) is 7.50. The Hall–Kier alpha value is -1.24. The Bertz CT molecular complexity index is 699. The molecule has 0 bridgehead atoms. The van der Waals surface area contributed by atoms with E-state index in [1.807, 2.05) is 18.2 Å². The Labute approximate surface area is 125 Å². The lowest BCUT2D eigenvalue weighted by atomic mass is 10.2. The number of fused-ring (bicyclic) bond motifs is 2. The van der Waals surface area contributed by atoms with E-state index in [-0.39, 0.29) is 12.2 Å². The highest BCUT2D eigenvalue weighted by Crippen LogP contribution is 2.17. The lowest BCUT2D eigenvalue weighted by Gasteiger charge is -2.17. The van der Waals surface area contributed by atoms with Crippen molar-refractivity contribution in [1.82, 2.24) is 14.5 Å². The molecule has 0 spiro atoms. The number of aliphatic hydroxyl groups excluding tert-OH is 1. The highest BCUT2D eigenvalue weighted by molar-refractivity contribution is 9.10. The van der Waals surface area contributed by atoms with Crippen LogP contribution in [0.15, 0.2) is 27.5 Å². The van der Waals surface area contributed by atoms with Gasteiger partial charge in [0.05, 0.1) is 17.5 Å². The normalized spacial score (nSPS) is 16.1. The van der Waals surface area contributed by atoms with Gasteiger partial charge in [-0.15, -0.1) is 0 Å². The molecule has 1 aromatic carbocycles. The van der Waals surface area contributed by atoms with Crippen molar-refractivity contribution >= 4 is 26.8 Å². The molecule has 0 saturated heterocycles. The zero-order chi connectivity index (χ0) is 14.1. The SMILES string of the molecule is O=c1c2ccc(Br)cc2nc2n1CCN(CCO)CC2. The Morgan fingerprint density at radius 2 is 2.15 bits per heavy atom. The van der Waals surface area contributed by atoms with Crippen molar-refractivity contribution < 1.29 is 5.11 Å². The molecule has 106 valence electrons. The molecule has 1 aliphatic rings. The van der Waals surface area contributed by atoms with E-state index in [1.54, 1.807) is 4.57 Å². The first-order chi connectivity index (χ1) is 9.69. The molecule has 0 atom stereocenters. The lowest BCUT2D eigenvalue weighted by molar-refractivity contribution is 0.198. The maximum Gasteiger partial charge on any atom is 0.261 e. The minimum Gasteiger partial charge on any atom is -0.395 e. The van der Waals surface area contributed by atoms with Gasteiger partial charge in [0.1, 0.15) is 5.82 Å². The number of nitrogens with zero attached hydrogens (tertiary/aromatic N) is 3. The molecule has 6 heteroatoms. The summed E-state index contributed by atoms with van der Waals surface area (Å²) in [6, 6.07) is 5.57. The van der Waals surface area contributed by atoms with Crippen LogP contribution in [0.1, 0.15) is 5.82 Å². The predicted molar refractivity (Wildman–Crippen MR) is 80.9 cm³/mol. The Morgan fingerprint density at radius 3 is 2.95 bits per heavy atom. The third-order valence-electron chi connectivity index (χ3n) is 3.70. The molecular weight excluding hydrogens is 322 g/mol. The van der Waals surface area contributed by atoms with E-state index in [1.165, 1.54) is 0 Å². The molecule has 0 unspecified atom stereocenters. The third kappa shape index (κ3) is 2.51. The number of rotatable bonds is 2. The van der Waals surface area contributed by atoms with Gasteiger partial charge in [0.2, 0.25) is 0 Å². The maximum absolute atomic E-state index is 12.5. The lowest BCUT2D eigenvalue weighted by Crippen LogP contribution is -2.31. The first kappa shape index (κ1) is 13.7. The van der Waals surface area contributed by atoms with E-state index in [0.717, 1.165) is 35.3 Å². The van der Waals surface area contributed by atoms with Crippen LogP contribution in [0.4, 0.5) is 0 Å². The van der Waals surface area contributed by atoms with E-state index in [0.29, 0.717) is 18.5 Å². The van der Waals surface area contributed by atoms with E-state index in [9.17, 15) is 4.79 Å². The molecule has 0 radical (unpaired) electrons. The maximum atomic E-state index is 12.5. The van der Waals surface area contributed by atoms with Crippen LogP contribution >= 0.6 is 15.9 Å². The number of hydrogen-bond donors (Lipinski definition) is 1. The van der Waals surface area contributed by atoms with Crippen molar-refractivity contribution in [1.29, 1.82) is 0 Å². The van der Waals surface area contributed by atoms with E-state index in [2.05, 4.69) is 25.8 Å². The summed E-state index contributed by atoms with van der Waals surface area (Å²) in [5.41, 5.74) is 0.773. The highest BCUT2D eigenvalue weighted by atomic mass is 79.9. The van der Waals surface area contributed by atoms with E-state index < -0.39 is 0 Å². The second-order valence-electron chi connectivity index (χ2n) is 4.96. The topological polar surface area (TPSA) is 58.4 Å². The predicted octanol–water partition coefficient (Wildman–Crippen LogP) is 1.01. The molecule has 1 aromatic heterocycles. The largest absolute Gasteiger partial charge is 0.395 e. The van der Waals surface area contributed by atoms with Crippen LogP contribution in [0.25, 0.3) is 10.9 Å². The first-order valence-electron chi connectivity index (χ1n) is 6.71. The number of hydrogen-bond acceptors (Lipinski definition) is 4. The molecule has 0 aliphatic carbocycles. The van der Waals surface area contributed by atoms with Gasteiger partial charge < -0.3 is 5.11 Å².